The number of hydrogen-bond donors (Lipinski definition) is 1. The molecule has 0 aromatic heterocycles. The van der Waals surface area contributed by atoms with E-state index < -0.39 is 26.8 Å². The number of aliphatic hydroxyl groups is 1. The van der Waals surface area contributed by atoms with Crippen molar-refractivity contribution in [1.82, 2.24) is 4.31 Å². The average molecular weight is 307 g/mol. The summed E-state index contributed by atoms with van der Waals surface area (Å²) >= 11 is 0. The van der Waals surface area contributed by atoms with Gasteiger partial charge in [-0.1, -0.05) is 0 Å². The maximum absolute atomic E-state index is 14.0. The van der Waals surface area contributed by atoms with Gasteiger partial charge >= 0.3 is 0 Å². The lowest BCUT2D eigenvalue weighted by atomic mass is 10.3. The molecule has 1 atom stereocenters. The topological polar surface area (TPSA) is 76.1 Å². The molecule has 20 heavy (non-hydrogen) atoms. The zero-order valence-electron chi connectivity index (χ0n) is 11.8. The Balaban J connectivity index is 3.39. The molecule has 0 saturated heterocycles. The Morgan fingerprint density at radius 3 is 2.25 bits per heavy atom. The first kappa shape index (κ1) is 16.7. The predicted octanol–water partition coefficient (Wildman–Crippen LogP) is 0.844. The van der Waals surface area contributed by atoms with Crippen LogP contribution < -0.4 is 9.47 Å². The second-order valence-corrected chi connectivity index (χ2v) is 6.16. The highest BCUT2D eigenvalue weighted by Gasteiger charge is 2.29. The summed E-state index contributed by atoms with van der Waals surface area (Å²) < 4.78 is 49.3. The Kier molecular flexibility index (Phi) is 5.32. The number of sulfonamides is 1. The number of benzene rings is 1. The van der Waals surface area contributed by atoms with Crippen molar-refractivity contribution in [2.45, 2.75) is 17.9 Å². The lowest BCUT2D eigenvalue weighted by Crippen LogP contribution is -2.37. The van der Waals surface area contributed by atoms with Crippen LogP contribution in [-0.4, -0.2) is 51.7 Å². The summed E-state index contributed by atoms with van der Waals surface area (Å²) in [6.07, 6.45) is 0. The van der Waals surface area contributed by atoms with Crippen LogP contribution in [0.2, 0.25) is 0 Å². The molecule has 1 unspecified atom stereocenters. The summed E-state index contributed by atoms with van der Waals surface area (Å²) in [6.45, 7) is 1.14. The minimum absolute atomic E-state index is 0.0989. The highest BCUT2D eigenvalue weighted by Crippen LogP contribution is 2.33. The Bertz CT molecular complexity index is 575. The maximum Gasteiger partial charge on any atom is 0.246 e. The first-order valence-corrected chi connectivity index (χ1v) is 7.24. The lowest BCUT2D eigenvalue weighted by molar-refractivity contribution is 0.213. The minimum Gasteiger partial charge on any atom is -0.493 e. The van der Waals surface area contributed by atoms with Gasteiger partial charge in [0.2, 0.25) is 10.0 Å². The van der Waals surface area contributed by atoms with Crippen molar-refractivity contribution in [3.8, 4) is 11.5 Å². The average Bonchev–Trinajstić information content (AvgIpc) is 2.44. The van der Waals surface area contributed by atoms with E-state index in [2.05, 4.69) is 0 Å². The number of likely N-dealkylation sites (N-methyl/N-ethyl adjacent to an activating group) is 1. The zero-order valence-corrected chi connectivity index (χ0v) is 12.6. The molecular formula is C12H18FNO5S. The fourth-order valence-electron chi connectivity index (χ4n) is 1.54. The van der Waals surface area contributed by atoms with Crippen molar-refractivity contribution in [3.63, 3.8) is 0 Å². The number of ether oxygens (including phenoxy) is 2. The SMILES string of the molecule is COc1cc(F)c(S(=O)(=O)N(C)C(C)CO)cc1OC. The van der Waals surface area contributed by atoms with Crippen LogP contribution in [0.15, 0.2) is 17.0 Å². The molecule has 0 spiro atoms. The van der Waals surface area contributed by atoms with Crippen LogP contribution in [-0.2, 0) is 10.0 Å². The van der Waals surface area contributed by atoms with Crippen molar-refractivity contribution in [1.29, 1.82) is 0 Å². The number of methoxy groups -OCH3 is 2. The summed E-state index contributed by atoms with van der Waals surface area (Å²) in [5, 5.41) is 9.02. The molecule has 8 heteroatoms. The summed E-state index contributed by atoms with van der Waals surface area (Å²) in [5.74, 6) is -0.737. The molecule has 0 fully saturated rings. The molecule has 0 aliphatic rings. The number of hydrogen-bond acceptors (Lipinski definition) is 5. The van der Waals surface area contributed by atoms with Crippen LogP contribution in [0.5, 0.6) is 11.5 Å². The molecule has 0 aliphatic heterocycles. The van der Waals surface area contributed by atoms with E-state index in [9.17, 15) is 12.8 Å². The maximum atomic E-state index is 14.0. The van der Waals surface area contributed by atoms with Gasteiger partial charge in [0, 0.05) is 25.2 Å². The van der Waals surface area contributed by atoms with E-state index in [1.54, 1.807) is 0 Å². The van der Waals surface area contributed by atoms with E-state index in [0.717, 1.165) is 16.4 Å². The van der Waals surface area contributed by atoms with Crippen LogP contribution in [0.1, 0.15) is 6.92 Å². The summed E-state index contributed by atoms with van der Waals surface area (Å²) in [6, 6.07) is 1.33. The zero-order chi connectivity index (χ0) is 15.5. The van der Waals surface area contributed by atoms with Gasteiger partial charge in [-0.3, -0.25) is 0 Å². The second kappa shape index (κ2) is 6.38. The Morgan fingerprint density at radius 1 is 1.30 bits per heavy atom. The molecule has 114 valence electrons. The van der Waals surface area contributed by atoms with Crippen LogP contribution in [0.25, 0.3) is 0 Å². The van der Waals surface area contributed by atoms with Crippen LogP contribution in [0.3, 0.4) is 0 Å². The number of rotatable bonds is 6. The van der Waals surface area contributed by atoms with Gasteiger partial charge in [-0.2, -0.15) is 4.31 Å². The largest absolute Gasteiger partial charge is 0.493 e. The highest BCUT2D eigenvalue weighted by atomic mass is 32.2. The van der Waals surface area contributed by atoms with Gasteiger partial charge in [-0.25, -0.2) is 12.8 Å². The van der Waals surface area contributed by atoms with Gasteiger partial charge in [0.25, 0.3) is 0 Å². The van der Waals surface area contributed by atoms with E-state index in [1.807, 2.05) is 0 Å². The van der Waals surface area contributed by atoms with E-state index in [-0.39, 0.29) is 18.1 Å². The molecule has 1 aromatic carbocycles. The molecule has 6 nitrogen and oxygen atoms in total. The molecule has 0 heterocycles. The summed E-state index contributed by atoms with van der Waals surface area (Å²) in [5.41, 5.74) is 0. The third-order valence-electron chi connectivity index (χ3n) is 2.98. The van der Waals surface area contributed by atoms with Crippen molar-refractivity contribution in [2.24, 2.45) is 0 Å². The first-order valence-electron chi connectivity index (χ1n) is 5.80. The predicted molar refractivity (Wildman–Crippen MR) is 71.0 cm³/mol. The number of nitrogens with zero attached hydrogens (tertiary/aromatic N) is 1. The molecule has 1 N–H and O–H groups in total. The van der Waals surface area contributed by atoms with Gasteiger partial charge in [-0.05, 0) is 6.92 Å². The van der Waals surface area contributed by atoms with Crippen LogP contribution in [0, 0.1) is 5.82 Å². The fraction of sp³-hybridized carbons (Fsp3) is 0.500. The standard InChI is InChI=1S/C12H18FNO5S/c1-8(7-15)14(2)20(16,17)12-6-11(19-4)10(18-3)5-9(12)13/h5-6,8,15H,7H2,1-4H3. The van der Waals surface area contributed by atoms with E-state index in [4.69, 9.17) is 14.6 Å². The Labute approximate surface area is 117 Å². The van der Waals surface area contributed by atoms with Gasteiger partial charge < -0.3 is 14.6 Å². The Hall–Kier alpha value is -1.38. The first-order chi connectivity index (χ1) is 9.29. The van der Waals surface area contributed by atoms with Crippen molar-refractivity contribution in [3.05, 3.63) is 17.9 Å². The second-order valence-electron chi connectivity index (χ2n) is 4.19. The van der Waals surface area contributed by atoms with Crippen molar-refractivity contribution >= 4 is 10.0 Å². The number of halogens is 1. The van der Waals surface area contributed by atoms with Gasteiger partial charge in [-0.15, -0.1) is 0 Å². The highest BCUT2D eigenvalue weighted by molar-refractivity contribution is 7.89. The molecule has 0 bridgehead atoms. The molecule has 0 aliphatic carbocycles. The monoisotopic (exact) mass is 307 g/mol. The molecular weight excluding hydrogens is 289 g/mol. The van der Waals surface area contributed by atoms with Gasteiger partial charge in [0.1, 0.15) is 10.7 Å². The third kappa shape index (κ3) is 3.02. The summed E-state index contributed by atoms with van der Waals surface area (Å²) in [4.78, 5) is -0.530. The van der Waals surface area contributed by atoms with E-state index in [1.165, 1.54) is 28.2 Å². The van der Waals surface area contributed by atoms with Gasteiger partial charge in [0.05, 0.1) is 20.8 Å². The van der Waals surface area contributed by atoms with Crippen molar-refractivity contribution in [2.75, 3.05) is 27.9 Å². The normalized spacial score (nSPS) is 13.3. The Morgan fingerprint density at radius 2 is 1.80 bits per heavy atom. The van der Waals surface area contributed by atoms with Crippen LogP contribution >= 0.6 is 0 Å². The molecule has 0 radical (unpaired) electrons. The molecule has 0 saturated carbocycles. The summed E-state index contributed by atoms with van der Waals surface area (Å²) in [7, 11) is -0.155. The van der Waals surface area contributed by atoms with Crippen molar-refractivity contribution < 1.29 is 27.4 Å². The molecule has 0 amide bonds. The lowest BCUT2D eigenvalue weighted by Gasteiger charge is -2.23. The van der Waals surface area contributed by atoms with E-state index >= 15 is 0 Å². The molecule has 1 rings (SSSR count). The minimum atomic E-state index is -4.08. The third-order valence-corrected chi connectivity index (χ3v) is 4.97. The van der Waals surface area contributed by atoms with Gasteiger partial charge in [0.15, 0.2) is 11.5 Å². The molecule has 1 aromatic rings. The number of aliphatic hydroxyl groups excluding tert-OH is 1. The smallest absolute Gasteiger partial charge is 0.246 e. The quantitative estimate of drug-likeness (QED) is 0.843. The fourth-order valence-corrected chi connectivity index (χ4v) is 2.95. The van der Waals surface area contributed by atoms with E-state index in [0.29, 0.717) is 0 Å². The van der Waals surface area contributed by atoms with Crippen LogP contribution in [0.4, 0.5) is 4.39 Å².